The molecule has 0 saturated carbocycles. The van der Waals surface area contributed by atoms with E-state index >= 15 is 0 Å². The van der Waals surface area contributed by atoms with E-state index in [-0.39, 0.29) is 17.5 Å². The van der Waals surface area contributed by atoms with E-state index in [9.17, 15) is 44.3 Å². The van der Waals surface area contributed by atoms with Gasteiger partial charge in [-0.15, -0.1) is 0 Å². The van der Waals surface area contributed by atoms with Gasteiger partial charge in [-0.1, -0.05) is 6.07 Å². The lowest BCUT2D eigenvalue weighted by atomic mass is 9.76. The van der Waals surface area contributed by atoms with E-state index in [1.807, 2.05) is 0 Å². The van der Waals surface area contributed by atoms with Crippen LogP contribution >= 0.6 is 22.6 Å². The van der Waals surface area contributed by atoms with Gasteiger partial charge in [0.1, 0.15) is 0 Å². The molecule has 11 heteroatoms. The van der Waals surface area contributed by atoms with E-state index in [4.69, 9.17) is 0 Å². The Hall–Kier alpha value is -1.01. The Kier molecular flexibility index (Phi) is 4.89. The first kappa shape index (κ1) is 20.3. The lowest BCUT2D eigenvalue weighted by Crippen LogP contribution is -2.64. The zero-order valence-electron chi connectivity index (χ0n) is 11.9. The van der Waals surface area contributed by atoms with E-state index in [1.54, 1.807) is 22.6 Å². The molecule has 0 saturated heterocycles. The summed E-state index contributed by atoms with van der Waals surface area (Å²) in [6.45, 7) is 0. The number of halogens is 10. The van der Waals surface area contributed by atoms with E-state index < -0.39 is 42.1 Å². The standard InChI is InChI=1S/C14H8F9IO/c15-11(16,12(17,18)13(19,20)14(21,22)23)9-4-2-6-1-3-7(24)5-8(6)10(9)25/h1,3,5,9H,2,4H2. The summed E-state index contributed by atoms with van der Waals surface area (Å²) >= 11 is 1.71. The Morgan fingerprint density at radius 3 is 2.00 bits per heavy atom. The quantitative estimate of drug-likeness (QED) is 0.404. The molecule has 25 heavy (non-hydrogen) atoms. The van der Waals surface area contributed by atoms with Gasteiger partial charge < -0.3 is 0 Å². The van der Waals surface area contributed by atoms with Gasteiger partial charge in [-0.2, -0.15) is 39.5 Å². The van der Waals surface area contributed by atoms with E-state index in [0.29, 0.717) is 3.57 Å². The average molecular weight is 490 g/mol. The topological polar surface area (TPSA) is 17.1 Å². The molecule has 1 atom stereocenters. The highest BCUT2D eigenvalue weighted by Crippen LogP contribution is 2.56. The highest BCUT2D eigenvalue weighted by molar-refractivity contribution is 14.1. The van der Waals surface area contributed by atoms with Crippen molar-refractivity contribution in [2.24, 2.45) is 5.92 Å². The molecule has 0 N–H and O–H groups in total. The number of carbonyl (C=O) groups excluding carboxylic acids is 1. The maximum absolute atomic E-state index is 14.0. The first-order valence-corrected chi connectivity index (χ1v) is 7.75. The molecule has 0 amide bonds. The molecule has 1 aromatic rings. The molecule has 1 aliphatic rings. The molecule has 1 nitrogen and oxygen atoms in total. The molecular formula is C14H8F9IO. The Morgan fingerprint density at radius 2 is 1.48 bits per heavy atom. The maximum atomic E-state index is 14.0. The lowest BCUT2D eigenvalue weighted by Gasteiger charge is -2.38. The Bertz CT molecular complexity index is 696. The molecule has 1 aromatic carbocycles. The summed E-state index contributed by atoms with van der Waals surface area (Å²) in [4.78, 5) is 12.1. The van der Waals surface area contributed by atoms with Gasteiger partial charge >= 0.3 is 23.9 Å². The molecule has 1 aliphatic carbocycles. The zero-order chi connectivity index (χ0) is 19.4. The van der Waals surface area contributed by atoms with Crippen LogP contribution in [0.5, 0.6) is 0 Å². The van der Waals surface area contributed by atoms with Gasteiger partial charge in [0.05, 0.1) is 5.92 Å². The van der Waals surface area contributed by atoms with Crippen LogP contribution in [-0.4, -0.2) is 29.7 Å². The van der Waals surface area contributed by atoms with Crippen molar-refractivity contribution in [3.63, 3.8) is 0 Å². The number of aryl methyl sites for hydroxylation is 1. The molecule has 0 fully saturated rings. The van der Waals surface area contributed by atoms with Crippen molar-refractivity contribution in [2.75, 3.05) is 0 Å². The summed E-state index contributed by atoms with van der Waals surface area (Å²) in [6, 6.07) is 3.99. The normalized spacial score (nSPS) is 19.8. The van der Waals surface area contributed by atoms with Crippen LogP contribution in [-0.2, 0) is 6.42 Å². The van der Waals surface area contributed by atoms with E-state index in [0.717, 1.165) is 6.07 Å². The SMILES string of the molecule is O=C1c2cc(I)ccc2CCC1C(F)(F)C(F)(F)C(F)(F)C(F)(F)F. The largest absolute Gasteiger partial charge is 0.460 e. The molecule has 0 spiro atoms. The third-order valence-electron chi connectivity index (χ3n) is 3.96. The van der Waals surface area contributed by atoms with Gasteiger partial charge in [0.2, 0.25) is 0 Å². The Balaban J connectivity index is 2.48. The van der Waals surface area contributed by atoms with Crippen molar-refractivity contribution in [2.45, 2.75) is 36.8 Å². The summed E-state index contributed by atoms with van der Waals surface area (Å²) in [6.07, 6.45) is -8.19. The van der Waals surface area contributed by atoms with Gasteiger partial charge in [-0.25, -0.2) is 0 Å². The summed E-state index contributed by atoms with van der Waals surface area (Å²) in [5.74, 6) is -24.2. The molecule has 140 valence electrons. The Morgan fingerprint density at radius 1 is 0.920 bits per heavy atom. The predicted molar refractivity (Wildman–Crippen MR) is 76.2 cm³/mol. The third-order valence-corrected chi connectivity index (χ3v) is 4.63. The van der Waals surface area contributed by atoms with Crippen LogP contribution in [0.4, 0.5) is 39.5 Å². The van der Waals surface area contributed by atoms with Crippen LogP contribution in [0.25, 0.3) is 0 Å². The minimum atomic E-state index is -6.99. The second-order valence-corrected chi connectivity index (χ2v) is 6.77. The third kappa shape index (κ3) is 3.01. The fraction of sp³-hybridized carbons (Fsp3) is 0.500. The number of rotatable bonds is 3. The number of ketones is 1. The fourth-order valence-electron chi connectivity index (χ4n) is 2.57. The van der Waals surface area contributed by atoms with Crippen LogP contribution in [0, 0.1) is 9.49 Å². The molecule has 0 heterocycles. The highest BCUT2D eigenvalue weighted by Gasteiger charge is 2.83. The van der Waals surface area contributed by atoms with Crippen molar-refractivity contribution in [3.05, 3.63) is 32.9 Å². The average Bonchev–Trinajstić information content (AvgIpc) is 2.46. The van der Waals surface area contributed by atoms with Gasteiger partial charge in [-0.05, 0) is 53.1 Å². The minimum absolute atomic E-state index is 0.239. The zero-order valence-corrected chi connectivity index (χ0v) is 14.1. The molecule has 0 bridgehead atoms. The number of Topliss-reactive ketones (excluding diaryl/α,β-unsaturated/α-hetero) is 1. The van der Waals surface area contributed by atoms with Crippen molar-refractivity contribution in [3.8, 4) is 0 Å². The second-order valence-electron chi connectivity index (χ2n) is 5.53. The molecular weight excluding hydrogens is 482 g/mol. The van der Waals surface area contributed by atoms with Crippen molar-refractivity contribution in [1.82, 2.24) is 0 Å². The molecule has 0 aromatic heterocycles. The fourth-order valence-corrected chi connectivity index (χ4v) is 3.06. The number of benzene rings is 1. The minimum Gasteiger partial charge on any atom is -0.294 e. The monoisotopic (exact) mass is 490 g/mol. The van der Waals surface area contributed by atoms with Crippen molar-refractivity contribution >= 4 is 28.4 Å². The van der Waals surface area contributed by atoms with Crippen molar-refractivity contribution in [1.29, 1.82) is 0 Å². The number of fused-ring (bicyclic) bond motifs is 1. The first-order chi connectivity index (χ1) is 11.1. The van der Waals surface area contributed by atoms with E-state index in [2.05, 4.69) is 0 Å². The summed E-state index contributed by atoms with van der Waals surface area (Å²) in [5, 5.41) is 0. The predicted octanol–water partition coefficient (Wildman–Crippen LogP) is 5.50. The van der Waals surface area contributed by atoms with Crippen LogP contribution in [0.3, 0.4) is 0 Å². The number of alkyl halides is 9. The van der Waals surface area contributed by atoms with E-state index in [1.165, 1.54) is 12.1 Å². The van der Waals surface area contributed by atoms with Crippen LogP contribution < -0.4 is 0 Å². The van der Waals surface area contributed by atoms with Gasteiger partial charge in [0.25, 0.3) is 0 Å². The summed E-state index contributed by atoms with van der Waals surface area (Å²) in [5.41, 5.74) is -0.141. The number of hydrogen-bond donors (Lipinski definition) is 0. The molecule has 1 unspecified atom stereocenters. The Labute approximate surface area is 148 Å². The summed E-state index contributed by atoms with van der Waals surface area (Å²) < 4.78 is 118. The van der Waals surface area contributed by atoms with Crippen LogP contribution in [0.15, 0.2) is 18.2 Å². The lowest BCUT2D eigenvalue weighted by molar-refractivity contribution is -0.400. The van der Waals surface area contributed by atoms with Crippen molar-refractivity contribution < 1.29 is 44.3 Å². The molecule has 0 radical (unpaired) electrons. The van der Waals surface area contributed by atoms with Crippen LogP contribution in [0.1, 0.15) is 22.3 Å². The van der Waals surface area contributed by atoms with Gasteiger partial charge in [-0.3, -0.25) is 4.79 Å². The smallest absolute Gasteiger partial charge is 0.294 e. The molecule has 2 rings (SSSR count). The number of hydrogen-bond acceptors (Lipinski definition) is 1. The maximum Gasteiger partial charge on any atom is 0.460 e. The highest BCUT2D eigenvalue weighted by atomic mass is 127. The van der Waals surface area contributed by atoms with Crippen LogP contribution in [0.2, 0.25) is 0 Å². The second kappa shape index (κ2) is 6.02. The summed E-state index contributed by atoms with van der Waals surface area (Å²) in [7, 11) is 0. The van der Waals surface area contributed by atoms with Gasteiger partial charge in [0.15, 0.2) is 5.78 Å². The van der Waals surface area contributed by atoms with Gasteiger partial charge in [0, 0.05) is 9.13 Å². The number of carbonyl (C=O) groups is 1. The first-order valence-electron chi connectivity index (χ1n) is 6.67. The molecule has 0 aliphatic heterocycles.